The van der Waals surface area contributed by atoms with Crippen LogP contribution in [0.25, 0.3) is 0 Å². The second kappa shape index (κ2) is 5.53. The summed E-state index contributed by atoms with van der Waals surface area (Å²) in [5, 5.41) is 4.47. The van der Waals surface area contributed by atoms with Crippen LogP contribution in [-0.4, -0.2) is 15.8 Å². The van der Waals surface area contributed by atoms with E-state index in [0.717, 1.165) is 10.9 Å². The van der Waals surface area contributed by atoms with Gasteiger partial charge >= 0.3 is 0 Å². The number of halogens is 1. The molecule has 0 saturated heterocycles. The first-order valence-electron chi connectivity index (χ1n) is 6.59. The van der Waals surface area contributed by atoms with E-state index in [0.29, 0.717) is 12.0 Å². The van der Waals surface area contributed by atoms with Crippen molar-refractivity contribution >= 4 is 15.9 Å². The lowest BCUT2D eigenvalue weighted by atomic mass is 9.92. The zero-order valence-electron chi connectivity index (χ0n) is 10.7. The number of nitrogens with two attached hydrogens (primary N) is 1. The first kappa shape index (κ1) is 13.1. The highest BCUT2D eigenvalue weighted by Gasteiger charge is 2.27. The van der Waals surface area contributed by atoms with E-state index in [9.17, 15) is 0 Å². The highest BCUT2D eigenvalue weighted by atomic mass is 79.9. The smallest absolute Gasteiger partial charge is 0.0635 e. The second-order valence-corrected chi connectivity index (χ2v) is 6.18. The first-order chi connectivity index (χ1) is 8.11. The molecule has 1 aromatic heterocycles. The van der Waals surface area contributed by atoms with Crippen LogP contribution >= 0.6 is 15.9 Å². The summed E-state index contributed by atoms with van der Waals surface area (Å²) in [6.45, 7) is 4.34. The molecule has 2 atom stereocenters. The van der Waals surface area contributed by atoms with Crippen molar-refractivity contribution in [1.82, 2.24) is 9.78 Å². The fraction of sp³-hybridized carbons (Fsp3) is 0.769. The van der Waals surface area contributed by atoms with Crippen LogP contribution in [0.15, 0.2) is 10.7 Å². The van der Waals surface area contributed by atoms with Crippen molar-refractivity contribution in [1.29, 1.82) is 0 Å². The summed E-state index contributed by atoms with van der Waals surface area (Å²) >= 11 is 3.64. The van der Waals surface area contributed by atoms with Gasteiger partial charge in [0, 0.05) is 18.0 Å². The van der Waals surface area contributed by atoms with E-state index in [-0.39, 0.29) is 6.04 Å². The van der Waals surface area contributed by atoms with Gasteiger partial charge in [-0.05, 0) is 42.6 Å². The summed E-state index contributed by atoms with van der Waals surface area (Å²) in [5.74, 6) is 0.455. The van der Waals surface area contributed by atoms with Gasteiger partial charge in [0.1, 0.15) is 0 Å². The molecule has 1 aromatic rings. The van der Waals surface area contributed by atoms with Gasteiger partial charge < -0.3 is 5.73 Å². The largest absolute Gasteiger partial charge is 0.327 e. The topological polar surface area (TPSA) is 43.8 Å². The number of hydrogen-bond donors (Lipinski definition) is 1. The van der Waals surface area contributed by atoms with Crippen molar-refractivity contribution in [2.24, 2.45) is 5.73 Å². The third-order valence-corrected chi connectivity index (χ3v) is 4.31. The van der Waals surface area contributed by atoms with E-state index in [1.54, 1.807) is 0 Å². The molecule has 3 nitrogen and oxygen atoms in total. The van der Waals surface area contributed by atoms with Gasteiger partial charge in [0.2, 0.25) is 0 Å². The number of hydrogen-bond acceptors (Lipinski definition) is 2. The lowest BCUT2D eigenvalue weighted by Gasteiger charge is -2.24. The third-order valence-electron chi connectivity index (χ3n) is 3.70. The van der Waals surface area contributed by atoms with E-state index in [1.807, 2.05) is 6.20 Å². The van der Waals surface area contributed by atoms with Gasteiger partial charge in [0.15, 0.2) is 0 Å². The zero-order valence-corrected chi connectivity index (χ0v) is 12.3. The van der Waals surface area contributed by atoms with Gasteiger partial charge in [0.05, 0.1) is 16.4 Å². The second-order valence-electron chi connectivity index (χ2n) is 5.32. The number of aromatic nitrogens is 2. The Bertz CT molecular complexity index is 373. The van der Waals surface area contributed by atoms with Gasteiger partial charge in [-0.3, -0.25) is 4.68 Å². The van der Waals surface area contributed by atoms with Crippen LogP contribution in [0.3, 0.4) is 0 Å². The van der Waals surface area contributed by atoms with Gasteiger partial charge in [-0.2, -0.15) is 5.10 Å². The number of rotatable bonds is 2. The lowest BCUT2D eigenvalue weighted by molar-refractivity contribution is 0.431. The molecule has 0 amide bonds. The average Bonchev–Trinajstić information content (AvgIpc) is 2.52. The minimum atomic E-state index is 0.281. The maximum Gasteiger partial charge on any atom is 0.0635 e. The molecule has 1 aliphatic rings. The Balaban J connectivity index is 2.33. The van der Waals surface area contributed by atoms with E-state index in [4.69, 9.17) is 5.73 Å². The molecule has 17 heavy (non-hydrogen) atoms. The number of nitrogens with zero attached hydrogens (tertiary/aromatic N) is 2. The molecular weight excluding hydrogens is 278 g/mol. The normalized spacial score (nSPS) is 26.2. The van der Waals surface area contributed by atoms with Crippen molar-refractivity contribution < 1.29 is 0 Å². The standard InChI is InChI=1S/C13H22BrN3/c1-9(2)17-13(11(14)8-16-17)10-6-4-3-5-7-12(10)15/h8-10,12H,3-7,15H2,1-2H3. The van der Waals surface area contributed by atoms with Gasteiger partial charge in [-0.1, -0.05) is 19.3 Å². The summed E-state index contributed by atoms with van der Waals surface area (Å²) < 4.78 is 3.24. The lowest BCUT2D eigenvalue weighted by Crippen LogP contribution is -2.29. The van der Waals surface area contributed by atoms with Crippen molar-refractivity contribution in [2.75, 3.05) is 0 Å². The summed E-state index contributed by atoms with van der Waals surface area (Å²) in [5.41, 5.74) is 7.65. The van der Waals surface area contributed by atoms with Crippen LogP contribution in [-0.2, 0) is 0 Å². The Morgan fingerprint density at radius 2 is 2.06 bits per heavy atom. The highest BCUT2D eigenvalue weighted by molar-refractivity contribution is 9.10. The summed E-state index contributed by atoms with van der Waals surface area (Å²) in [7, 11) is 0. The molecule has 4 heteroatoms. The van der Waals surface area contributed by atoms with Gasteiger partial charge in [0.25, 0.3) is 0 Å². The van der Waals surface area contributed by atoms with Crippen LogP contribution in [0.1, 0.15) is 63.6 Å². The Morgan fingerprint density at radius 3 is 2.76 bits per heavy atom. The Morgan fingerprint density at radius 1 is 1.35 bits per heavy atom. The SMILES string of the molecule is CC(C)n1ncc(Br)c1C1CCCCCC1N. The fourth-order valence-corrected chi connectivity index (χ4v) is 3.35. The highest BCUT2D eigenvalue weighted by Crippen LogP contribution is 2.35. The van der Waals surface area contributed by atoms with Crippen molar-refractivity contribution in [3.8, 4) is 0 Å². The first-order valence-corrected chi connectivity index (χ1v) is 7.39. The minimum Gasteiger partial charge on any atom is -0.327 e. The quantitative estimate of drug-likeness (QED) is 0.848. The van der Waals surface area contributed by atoms with E-state index < -0.39 is 0 Å². The molecule has 1 fully saturated rings. The molecule has 1 heterocycles. The molecule has 0 aliphatic heterocycles. The summed E-state index contributed by atoms with van der Waals surface area (Å²) in [6, 6.07) is 0.676. The molecule has 0 radical (unpaired) electrons. The van der Waals surface area contributed by atoms with E-state index in [1.165, 1.54) is 31.4 Å². The van der Waals surface area contributed by atoms with Crippen molar-refractivity contribution in [3.63, 3.8) is 0 Å². The van der Waals surface area contributed by atoms with Crippen LogP contribution < -0.4 is 5.73 Å². The predicted molar refractivity (Wildman–Crippen MR) is 74.1 cm³/mol. The molecule has 1 aliphatic carbocycles. The Labute approximate surface area is 112 Å². The van der Waals surface area contributed by atoms with Crippen LogP contribution in [0.4, 0.5) is 0 Å². The minimum absolute atomic E-state index is 0.281. The molecule has 96 valence electrons. The molecule has 2 unspecified atom stereocenters. The molecular formula is C13H22BrN3. The predicted octanol–water partition coefficient (Wildman–Crippen LogP) is 3.60. The van der Waals surface area contributed by atoms with Gasteiger partial charge in [-0.15, -0.1) is 0 Å². The Hall–Kier alpha value is -0.350. The molecule has 2 rings (SSSR count). The third kappa shape index (κ3) is 2.74. The van der Waals surface area contributed by atoms with Crippen LogP contribution in [0, 0.1) is 0 Å². The van der Waals surface area contributed by atoms with Gasteiger partial charge in [-0.25, -0.2) is 0 Å². The Kier molecular flexibility index (Phi) is 4.26. The summed E-state index contributed by atoms with van der Waals surface area (Å²) in [4.78, 5) is 0. The van der Waals surface area contributed by atoms with Crippen molar-refractivity contribution in [2.45, 2.75) is 64.0 Å². The summed E-state index contributed by atoms with van der Waals surface area (Å²) in [6.07, 6.45) is 8.11. The molecule has 0 bridgehead atoms. The average molecular weight is 300 g/mol. The maximum absolute atomic E-state index is 6.35. The maximum atomic E-state index is 6.35. The van der Waals surface area contributed by atoms with Crippen molar-refractivity contribution in [3.05, 3.63) is 16.4 Å². The van der Waals surface area contributed by atoms with E-state index in [2.05, 4.69) is 39.6 Å². The molecule has 1 saturated carbocycles. The van der Waals surface area contributed by atoms with E-state index >= 15 is 0 Å². The molecule has 2 N–H and O–H groups in total. The zero-order chi connectivity index (χ0) is 12.4. The molecule has 0 spiro atoms. The molecule has 0 aromatic carbocycles. The van der Waals surface area contributed by atoms with Crippen LogP contribution in [0.2, 0.25) is 0 Å². The monoisotopic (exact) mass is 299 g/mol. The fourth-order valence-electron chi connectivity index (χ4n) is 2.78. The van der Waals surface area contributed by atoms with Crippen LogP contribution in [0.5, 0.6) is 0 Å².